The first kappa shape index (κ1) is 28.1. The van der Waals surface area contributed by atoms with E-state index in [1.54, 1.807) is 43.3 Å². The highest BCUT2D eigenvalue weighted by atomic mass is 35.5. The number of rotatable bonds is 8. The molecule has 202 valence electrons. The summed E-state index contributed by atoms with van der Waals surface area (Å²) in [6.07, 6.45) is 1.49. The molecule has 1 N–H and O–H groups in total. The molecule has 0 spiro atoms. The third-order valence-corrected chi connectivity index (χ3v) is 8.29. The molecule has 0 aliphatic carbocycles. The van der Waals surface area contributed by atoms with Gasteiger partial charge in [-0.3, -0.25) is 9.10 Å². The molecule has 0 unspecified atom stereocenters. The first-order chi connectivity index (χ1) is 18.5. The van der Waals surface area contributed by atoms with E-state index >= 15 is 0 Å². The number of carbonyl (C=O) groups excluding carboxylic acids is 1. The quantitative estimate of drug-likeness (QED) is 0.214. The van der Waals surface area contributed by atoms with Crippen LogP contribution in [0.3, 0.4) is 0 Å². The van der Waals surface area contributed by atoms with Crippen molar-refractivity contribution in [3.05, 3.63) is 112 Å². The average Bonchev–Trinajstić information content (AvgIpc) is 3.17. The second-order valence-corrected chi connectivity index (χ2v) is 11.5. The van der Waals surface area contributed by atoms with Gasteiger partial charge in [-0.15, -0.1) is 0 Å². The van der Waals surface area contributed by atoms with Gasteiger partial charge < -0.3 is 4.57 Å². The molecule has 7 nitrogen and oxygen atoms in total. The summed E-state index contributed by atoms with van der Waals surface area (Å²) in [5.74, 6) is -0.953. The molecule has 0 atom stereocenters. The minimum Gasteiger partial charge on any atom is -0.318 e. The zero-order chi connectivity index (χ0) is 28.3. The first-order valence-corrected chi connectivity index (χ1v) is 13.9. The van der Waals surface area contributed by atoms with Crippen LogP contribution in [-0.4, -0.2) is 31.7 Å². The summed E-state index contributed by atoms with van der Waals surface area (Å²) in [4.78, 5) is 13.0. The van der Waals surface area contributed by atoms with Crippen molar-refractivity contribution in [1.82, 2.24) is 9.99 Å². The molecule has 1 aromatic heterocycles. The third kappa shape index (κ3) is 6.21. The summed E-state index contributed by atoms with van der Waals surface area (Å²) in [7, 11) is -4.09. The molecule has 1 heterocycles. The number of nitrogens with one attached hydrogen (secondary N) is 1. The Bertz CT molecular complexity index is 1650. The van der Waals surface area contributed by atoms with Gasteiger partial charge in [0.05, 0.1) is 16.8 Å². The van der Waals surface area contributed by atoms with Crippen molar-refractivity contribution >= 4 is 39.4 Å². The van der Waals surface area contributed by atoms with Crippen LogP contribution in [0, 0.1) is 33.5 Å². The zero-order valence-corrected chi connectivity index (χ0v) is 23.5. The predicted octanol–water partition coefficient (Wildman–Crippen LogP) is 5.85. The lowest BCUT2D eigenvalue weighted by atomic mass is 10.2. The number of nitrogens with zero attached hydrogens (tertiary/aromatic N) is 3. The van der Waals surface area contributed by atoms with Crippen molar-refractivity contribution in [2.75, 3.05) is 10.8 Å². The fourth-order valence-electron chi connectivity index (χ4n) is 4.23. The number of amides is 1. The van der Waals surface area contributed by atoms with E-state index in [2.05, 4.69) is 10.5 Å². The maximum atomic E-state index is 13.6. The number of benzene rings is 3. The van der Waals surface area contributed by atoms with Gasteiger partial charge in [0.2, 0.25) is 0 Å². The molecule has 39 heavy (non-hydrogen) atoms. The average molecular weight is 567 g/mol. The van der Waals surface area contributed by atoms with Gasteiger partial charge in [-0.25, -0.2) is 18.2 Å². The maximum Gasteiger partial charge on any atom is 0.264 e. The fourth-order valence-corrected chi connectivity index (χ4v) is 5.88. The second kappa shape index (κ2) is 11.4. The molecular weight excluding hydrogens is 539 g/mol. The molecule has 10 heteroatoms. The van der Waals surface area contributed by atoms with Crippen LogP contribution < -0.4 is 9.73 Å². The number of hydrogen-bond donors (Lipinski definition) is 1. The van der Waals surface area contributed by atoms with Crippen LogP contribution in [0.5, 0.6) is 0 Å². The Kier molecular flexibility index (Phi) is 8.22. The van der Waals surface area contributed by atoms with Crippen molar-refractivity contribution in [2.45, 2.75) is 32.6 Å². The Labute approximate surface area is 232 Å². The number of sulfonamides is 1. The van der Waals surface area contributed by atoms with Crippen molar-refractivity contribution in [3.63, 3.8) is 0 Å². The smallest absolute Gasteiger partial charge is 0.264 e. The molecule has 0 saturated heterocycles. The lowest BCUT2D eigenvalue weighted by molar-refractivity contribution is -0.119. The van der Waals surface area contributed by atoms with Crippen molar-refractivity contribution in [2.24, 2.45) is 5.10 Å². The maximum absolute atomic E-state index is 13.6. The van der Waals surface area contributed by atoms with Crippen LogP contribution >= 0.6 is 11.6 Å². The van der Waals surface area contributed by atoms with Crippen molar-refractivity contribution < 1.29 is 17.6 Å². The van der Waals surface area contributed by atoms with Crippen LogP contribution in [0.4, 0.5) is 10.1 Å². The van der Waals surface area contributed by atoms with E-state index in [1.165, 1.54) is 36.5 Å². The normalized spacial score (nSPS) is 11.6. The standard InChI is InChI=1S/C29H28ClFN4O3S/c1-19-5-13-27(14-6-19)39(37,38)34(28-16-24(30)8-7-20(28)2)18-29(36)33-32-17-23-15-21(3)35(22(23)4)26-11-9-25(31)10-12-26/h5-17H,18H2,1-4H3,(H,33,36)/b32-17-. The van der Waals surface area contributed by atoms with Gasteiger partial charge in [0.1, 0.15) is 12.4 Å². The lowest BCUT2D eigenvalue weighted by Gasteiger charge is -2.25. The van der Waals surface area contributed by atoms with Crippen molar-refractivity contribution in [3.8, 4) is 5.69 Å². The number of halogens is 2. The Morgan fingerprint density at radius 2 is 1.67 bits per heavy atom. The molecule has 0 radical (unpaired) electrons. The molecule has 1 amide bonds. The van der Waals surface area contributed by atoms with Gasteiger partial charge in [-0.05, 0) is 87.9 Å². The van der Waals surface area contributed by atoms with E-state index in [0.29, 0.717) is 16.3 Å². The monoisotopic (exact) mass is 566 g/mol. The highest BCUT2D eigenvalue weighted by Gasteiger charge is 2.28. The molecule has 3 aromatic carbocycles. The molecule has 0 fully saturated rings. The Balaban J connectivity index is 1.58. The van der Waals surface area contributed by atoms with Gasteiger partial charge >= 0.3 is 0 Å². The van der Waals surface area contributed by atoms with E-state index in [9.17, 15) is 17.6 Å². The Morgan fingerprint density at radius 3 is 2.33 bits per heavy atom. The topological polar surface area (TPSA) is 83.8 Å². The number of anilines is 1. The third-order valence-electron chi connectivity index (χ3n) is 6.28. The number of carbonyl (C=O) groups is 1. The first-order valence-electron chi connectivity index (χ1n) is 12.1. The van der Waals surface area contributed by atoms with E-state index in [4.69, 9.17) is 11.6 Å². The highest BCUT2D eigenvalue weighted by molar-refractivity contribution is 7.92. The summed E-state index contributed by atoms with van der Waals surface area (Å²) in [5, 5.41) is 4.41. The number of aromatic nitrogens is 1. The number of hydrogen-bond acceptors (Lipinski definition) is 4. The molecule has 4 aromatic rings. The fraction of sp³-hybridized carbons (Fsp3) is 0.172. The summed E-state index contributed by atoms with van der Waals surface area (Å²) >= 11 is 6.18. The molecular formula is C29H28ClFN4O3S. The van der Waals surface area contributed by atoms with Gasteiger partial charge in [-0.1, -0.05) is 35.4 Å². The van der Waals surface area contributed by atoms with Gasteiger partial charge in [0.15, 0.2) is 0 Å². The molecule has 0 saturated carbocycles. The van der Waals surface area contributed by atoms with Crippen LogP contribution in [0.2, 0.25) is 5.02 Å². The number of hydrazone groups is 1. The minimum atomic E-state index is -4.09. The van der Waals surface area contributed by atoms with Gasteiger partial charge in [0, 0.05) is 27.7 Å². The summed E-state index contributed by atoms with van der Waals surface area (Å²) in [6.45, 7) is 6.89. The zero-order valence-electron chi connectivity index (χ0n) is 21.9. The van der Waals surface area contributed by atoms with E-state index in [0.717, 1.165) is 32.5 Å². The Hall–Kier alpha value is -3.95. The Morgan fingerprint density at radius 1 is 1.00 bits per heavy atom. The van der Waals surface area contributed by atoms with Gasteiger partial charge in [0.25, 0.3) is 15.9 Å². The molecule has 0 bridgehead atoms. The second-order valence-electron chi connectivity index (χ2n) is 9.19. The van der Waals surface area contributed by atoms with Crippen LogP contribution in [0.25, 0.3) is 5.69 Å². The van der Waals surface area contributed by atoms with Crippen LogP contribution in [-0.2, 0) is 14.8 Å². The van der Waals surface area contributed by atoms with Crippen LogP contribution in [0.1, 0.15) is 28.1 Å². The molecule has 4 rings (SSSR count). The van der Waals surface area contributed by atoms with Gasteiger partial charge in [-0.2, -0.15) is 5.10 Å². The predicted molar refractivity (Wildman–Crippen MR) is 153 cm³/mol. The molecule has 0 aliphatic rings. The minimum absolute atomic E-state index is 0.0528. The number of aryl methyl sites for hydroxylation is 3. The van der Waals surface area contributed by atoms with Crippen LogP contribution in [0.15, 0.2) is 82.8 Å². The lowest BCUT2D eigenvalue weighted by Crippen LogP contribution is -2.40. The SMILES string of the molecule is Cc1ccc(S(=O)(=O)N(CC(=O)N/N=C\c2cc(C)n(-c3ccc(F)cc3)c2C)c2cc(Cl)ccc2C)cc1. The highest BCUT2D eigenvalue weighted by Crippen LogP contribution is 2.29. The van der Waals surface area contributed by atoms with E-state index < -0.39 is 22.5 Å². The summed E-state index contributed by atoms with van der Waals surface area (Å²) in [5.41, 5.74) is 7.56. The van der Waals surface area contributed by atoms with E-state index in [1.807, 2.05) is 31.4 Å². The summed E-state index contributed by atoms with van der Waals surface area (Å²) < 4.78 is 43.6. The summed E-state index contributed by atoms with van der Waals surface area (Å²) in [6, 6.07) is 19.3. The molecule has 0 aliphatic heterocycles. The van der Waals surface area contributed by atoms with E-state index in [-0.39, 0.29) is 10.7 Å². The largest absolute Gasteiger partial charge is 0.318 e. The van der Waals surface area contributed by atoms with Crippen molar-refractivity contribution in [1.29, 1.82) is 0 Å².